The molecule has 2 nitrogen and oxygen atoms in total. The van der Waals surface area contributed by atoms with Crippen LogP contribution < -0.4 is 0 Å². The quantitative estimate of drug-likeness (QED) is 0.676. The number of pyridine rings is 1. The molecule has 0 N–H and O–H groups in total. The Morgan fingerprint density at radius 1 is 1.58 bits per heavy atom. The smallest absolute Gasteiger partial charge is 0.140 e. The number of nitrogens with zero attached hydrogens (tertiary/aromatic N) is 2. The van der Waals surface area contributed by atoms with Crippen LogP contribution in [0.4, 0.5) is 0 Å². The molecule has 62 valence electrons. The van der Waals surface area contributed by atoms with E-state index in [-0.39, 0.29) is 0 Å². The molecule has 0 bridgehead atoms. The van der Waals surface area contributed by atoms with Gasteiger partial charge in [-0.15, -0.1) is 0 Å². The Hall–Kier alpha value is -0.100. The van der Waals surface area contributed by atoms with Crippen molar-refractivity contribution in [2.45, 2.75) is 6.92 Å². The van der Waals surface area contributed by atoms with Crippen molar-refractivity contribution >= 4 is 44.2 Å². The fourth-order valence-electron chi connectivity index (χ4n) is 1.19. The summed E-state index contributed by atoms with van der Waals surface area (Å²) in [4.78, 5) is 4.27. The Labute approximate surface area is 92.3 Å². The van der Waals surface area contributed by atoms with Crippen molar-refractivity contribution in [1.82, 2.24) is 9.38 Å². The van der Waals surface area contributed by atoms with Gasteiger partial charge < -0.3 is 0 Å². The van der Waals surface area contributed by atoms with Crippen LogP contribution in [0.15, 0.2) is 23.1 Å². The number of hydrogen-bond acceptors (Lipinski definition) is 1. The van der Waals surface area contributed by atoms with E-state index in [1.807, 2.05) is 10.6 Å². The first-order valence-electron chi connectivity index (χ1n) is 3.47. The summed E-state index contributed by atoms with van der Waals surface area (Å²) in [6.45, 7) is 2.07. The average Bonchev–Trinajstić information content (AvgIpc) is 2.33. The molecule has 0 spiro atoms. The van der Waals surface area contributed by atoms with Crippen molar-refractivity contribution in [1.29, 1.82) is 0 Å². The third-order valence-electron chi connectivity index (χ3n) is 1.71. The molecule has 4 heteroatoms. The molecular weight excluding hydrogens is 331 g/mol. The number of fused-ring (bicyclic) bond motifs is 1. The molecule has 0 unspecified atom stereocenters. The normalized spacial score (nSPS) is 10.9. The SMILES string of the molecule is Cc1cc(I)cn2c(Br)cnc12. The first-order valence-corrected chi connectivity index (χ1v) is 5.34. The highest BCUT2D eigenvalue weighted by Crippen LogP contribution is 2.18. The Kier molecular flexibility index (Phi) is 2.12. The van der Waals surface area contributed by atoms with Crippen LogP contribution in [0.5, 0.6) is 0 Å². The molecule has 0 radical (unpaired) electrons. The maximum atomic E-state index is 4.27. The third-order valence-corrected chi connectivity index (χ3v) is 2.89. The lowest BCUT2D eigenvalue weighted by atomic mass is 10.3. The summed E-state index contributed by atoms with van der Waals surface area (Å²) in [6.07, 6.45) is 3.87. The predicted octanol–water partition coefficient (Wildman–Crippen LogP) is 3.01. The van der Waals surface area contributed by atoms with Gasteiger partial charge in [0, 0.05) is 9.77 Å². The minimum Gasteiger partial charge on any atom is -0.293 e. The number of imidazole rings is 1. The van der Waals surface area contributed by atoms with Crippen molar-refractivity contribution < 1.29 is 0 Å². The van der Waals surface area contributed by atoms with Crippen LogP contribution in [0.2, 0.25) is 0 Å². The molecule has 0 fully saturated rings. The lowest BCUT2D eigenvalue weighted by Crippen LogP contribution is -1.89. The molecule has 2 rings (SSSR count). The summed E-state index contributed by atoms with van der Waals surface area (Å²) < 4.78 is 4.26. The van der Waals surface area contributed by atoms with Gasteiger partial charge in [-0.3, -0.25) is 4.40 Å². The van der Waals surface area contributed by atoms with Crippen molar-refractivity contribution in [2.24, 2.45) is 0 Å². The number of halogens is 2. The molecule has 2 heterocycles. The van der Waals surface area contributed by atoms with Gasteiger partial charge in [0.25, 0.3) is 0 Å². The summed E-state index contributed by atoms with van der Waals surface area (Å²) in [6, 6.07) is 2.12. The largest absolute Gasteiger partial charge is 0.293 e. The summed E-state index contributed by atoms with van der Waals surface area (Å²) in [7, 11) is 0. The lowest BCUT2D eigenvalue weighted by molar-refractivity contribution is 1.12. The van der Waals surface area contributed by atoms with Crippen LogP contribution in [-0.4, -0.2) is 9.38 Å². The summed E-state index contributed by atoms with van der Waals surface area (Å²) >= 11 is 5.73. The Bertz CT molecular complexity index is 436. The molecule has 0 amide bonds. The van der Waals surface area contributed by atoms with E-state index in [2.05, 4.69) is 62.7 Å². The van der Waals surface area contributed by atoms with E-state index in [0.717, 1.165) is 10.3 Å². The van der Waals surface area contributed by atoms with Gasteiger partial charge in [-0.2, -0.15) is 0 Å². The van der Waals surface area contributed by atoms with E-state index in [0.29, 0.717) is 0 Å². The van der Waals surface area contributed by atoms with Crippen molar-refractivity contribution in [2.75, 3.05) is 0 Å². The zero-order valence-corrected chi connectivity index (χ0v) is 10.1. The molecule has 0 aliphatic rings. The van der Waals surface area contributed by atoms with E-state index < -0.39 is 0 Å². The van der Waals surface area contributed by atoms with Crippen molar-refractivity contribution in [3.8, 4) is 0 Å². The van der Waals surface area contributed by atoms with Gasteiger partial charge in [-0.05, 0) is 57.1 Å². The second-order valence-corrected chi connectivity index (χ2v) is 4.67. The number of aryl methyl sites for hydroxylation is 1. The Morgan fingerprint density at radius 3 is 3.08 bits per heavy atom. The third kappa shape index (κ3) is 1.26. The molecule has 0 aromatic carbocycles. The average molecular weight is 337 g/mol. The molecule has 0 aliphatic carbocycles. The van der Waals surface area contributed by atoms with Gasteiger partial charge >= 0.3 is 0 Å². The maximum absolute atomic E-state index is 4.27. The molecule has 2 aromatic rings. The number of aromatic nitrogens is 2. The molecule has 0 saturated heterocycles. The van der Waals surface area contributed by atoms with Gasteiger partial charge in [0.05, 0.1) is 6.20 Å². The number of rotatable bonds is 0. The van der Waals surface area contributed by atoms with Crippen LogP contribution >= 0.6 is 38.5 Å². The minimum atomic E-state index is 0.999. The highest BCUT2D eigenvalue weighted by Gasteiger charge is 2.03. The van der Waals surface area contributed by atoms with Crippen LogP contribution in [0.3, 0.4) is 0 Å². The zero-order chi connectivity index (χ0) is 8.72. The zero-order valence-electron chi connectivity index (χ0n) is 6.38. The highest BCUT2D eigenvalue weighted by atomic mass is 127. The molecule has 0 saturated carbocycles. The fourth-order valence-corrected chi connectivity index (χ4v) is 2.30. The van der Waals surface area contributed by atoms with Gasteiger partial charge in [-0.1, -0.05) is 0 Å². The molecule has 12 heavy (non-hydrogen) atoms. The lowest BCUT2D eigenvalue weighted by Gasteiger charge is -1.99. The standard InChI is InChI=1S/C8H6BrIN2/c1-5-2-6(10)4-12-7(9)3-11-8(5)12/h2-4H,1H3. The van der Waals surface area contributed by atoms with Crippen LogP contribution in [0, 0.1) is 10.5 Å². The van der Waals surface area contributed by atoms with E-state index in [9.17, 15) is 0 Å². The van der Waals surface area contributed by atoms with E-state index in [4.69, 9.17) is 0 Å². The monoisotopic (exact) mass is 336 g/mol. The first-order chi connectivity index (χ1) is 5.68. The van der Waals surface area contributed by atoms with Crippen LogP contribution in [-0.2, 0) is 0 Å². The Balaban J connectivity index is 2.92. The van der Waals surface area contributed by atoms with Gasteiger partial charge in [0.2, 0.25) is 0 Å². The van der Waals surface area contributed by atoms with Crippen LogP contribution in [0.1, 0.15) is 5.56 Å². The minimum absolute atomic E-state index is 0.999. The van der Waals surface area contributed by atoms with E-state index >= 15 is 0 Å². The van der Waals surface area contributed by atoms with Crippen LogP contribution in [0.25, 0.3) is 5.65 Å². The summed E-state index contributed by atoms with van der Waals surface area (Å²) in [5.74, 6) is 0. The topological polar surface area (TPSA) is 17.3 Å². The van der Waals surface area contributed by atoms with Gasteiger partial charge in [0.1, 0.15) is 10.3 Å². The molecule has 0 atom stereocenters. The first kappa shape index (κ1) is 8.50. The predicted molar refractivity (Wildman–Crippen MR) is 60.3 cm³/mol. The highest BCUT2D eigenvalue weighted by molar-refractivity contribution is 14.1. The van der Waals surface area contributed by atoms with Gasteiger partial charge in [-0.25, -0.2) is 4.98 Å². The molecule has 2 aromatic heterocycles. The Morgan fingerprint density at radius 2 is 2.33 bits per heavy atom. The molecular formula is C8H6BrIN2. The second kappa shape index (κ2) is 2.99. The fraction of sp³-hybridized carbons (Fsp3) is 0.125. The maximum Gasteiger partial charge on any atom is 0.140 e. The van der Waals surface area contributed by atoms with E-state index in [1.54, 1.807) is 0 Å². The summed E-state index contributed by atoms with van der Waals surface area (Å²) in [5.41, 5.74) is 2.22. The van der Waals surface area contributed by atoms with Crippen molar-refractivity contribution in [3.63, 3.8) is 0 Å². The summed E-state index contributed by atoms with van der Waals surface area (Å²) in [5, 5.41) is 0. The van der Waals surface area contributed by atoms with Crippen molar-refractivity contribution in [3.05, 3.63) is 32.2 Å². The number of hydrogen-bond donors (Lipinski definition) is 0. The second-order valence-electron chi connectivity index (χ2n) is 2.62. The van der Waals surface area contributed by atoms with E-state index in [1.165, 1.54) is 9.13 Å². The van der Waals surface area contributed by atoms with Gasteiger partial charge in [0.15, 0.2) is 0 Å². The molecule has 0 aliphatic heterocycles.